The van der Waals surface area contributed by atoms with Crippen LogP contribution in [0.25, 0.3) is 0 Å². The van der Waals surface area contributed by atoms with Crippen LogP contribution >= 0.6 is 0 Å². The van der Waals surface area contributed by atoms with Crippen LogP contribution in [0.2, 0.25) is 0 Å². The van der Waals surface area contributed by atoms with Gasteiger partial charge in [0.2, 0.25) is 0 Å². The van der Waals surface area contributed by atoms with Gasteiger partial charge in [0.05, 0.1) is 5.56 Å². The molecule has 0 radical (unpaired) electrons. The molecule has 1 unspecified atom stereocenters. The third kappa shape index (κ3) is 5.70. The number of amides is 1. The first-order valence-electron chi connectivity index (χ1n) is 7.27. The fourth-order valence-electron chi connectivity index (χ4n) is 2.16. The van der Waals surface area contributed by atoms with Gasteiger partial charge in [0.25, 0.3) is 11.5 Å². The largest absolute Gasteiger partial charge is 0.421 e. The minimum atomic E-state index is -4.80. The molecule has 0 aliphatic rings. The van der Waals surface area contributed by atoms with E-state index in [9.17, 15) is 22.8 Å². The number of H-pyrrole nitrogens is 1. The fourth-order valence-corrected chi connectivity index (χ4v) is 2.16. The second-order valence-electron chi connectivity index (χ2n) is 6.09. The first kappa shape index (κ1) is 19.2. The second kappa shape index (κ2) is 7.63. The van der Waals surface area contributed by atoms with E-state index in [1.54, 1.807) is 0 Å². The van der Waals surface area contributed by atoms with E-state index in [0.29, 0.717) is 18.5 Å². The lowest BCUT2D eigenvalue weighted by Gasteiger charge is -2.26. The number of nitrogens with one attached hydrogen (secondary N) is 2. The third-order valence-corrected chi connectivity index (χ3v) is 3.44. The Morgan fingerprint density at radius 1 is 1.35 bits per heavy atom. The molecule has 8 heteroatoms. The van der Waals surface area contributed by atoms with Crippen molar-refractivity contribution in [3.8, 4) is 0 Å². The third-order valence-electron chi connectivity index (χ3n) is 3.44. The molecule has 0 bridgehead atoms. The highest BCUT2D eigenvalue weighted by Gasteiger charge is 2.34. The van der Waals surface area contributed by atoms with Crippen molar-refractivity contribution in [1.29, 1.82) is 0 Å². The molecule has 0 saturated carbocycles. The first-order valence-corrected chi connectivity index (χ1v) is 7.27. The Balaban J connectivity index is 2.84. The van der Waals surface area contributed by atoms with Gasteiger partial charge < -0.3 is 15.2 Å². The minimum Gasteiger partial charge on any atom is -0.350 e. The number of pyridine rings is 1. The Kier molecular flexibility index (Phi) is 6.37. The van der Waals surface area contributed by atoms with E-state index >= 15 is 0 Å². The molecule has 0 aliphatic carbocycles. The molecule has 5 nitrogen and oxygen atoms in total. The maximum Gasteiger partial charge on any atom is 0.421 e. The number of likely N-dealkylation sites (N-methyl/N-ethyl adjacent to an activating group) is 1. The molecule has 1 heterocycles. The van der Waals surface area contributed by atoms with E-state index in [1.807, 2.05) is 24.0 Å². The Morgan fingerprint density at radius 3 is 2.43 bits per heavy atom. The number of hydrogen-bond donors (Lipinski definition) is 2. The van der Waals surface area contributed by atoms with Crippen molar-refractivity contribution in [2.75, 3.05) is 20.6 Å². The summed E-state index contributed by atoms with van der Waals surface area (Å²) in [5, 5.41) is 2.61. The maximum absolute atomic E-state index is 12.7. The van der Waals surface area contributed by atoms with Crippen molar-refractivity contribution in [3.63, 3.8) is 0 Å². The summed E-state index contributed by atoms with van der Waals surface area (Å²) >= 11 is 0. The minimum absolute atomic E-state index is 0.0730. The monoisotopic (exact) mass is 333 g/mol. The average Bonchev–Trinajstić information content (AvgIpc) is 2.41. The molecule has 1 aromatic heterocycles. The molecule has 1 aromatic rings. The topological polar surface area (TPSA) is 65.2 Å². The Bertz CT molecular complexity index is 594. The lowest BCUT2D eigenvalue weighted by molar-refractivity contribution is -0.138. The van der Waals surface area contributed by atoms with Gasteiger partial charge in [-0.25, -0.2) is 0 Å². The Hall–Kier alpha value is -1.83. The lowest BCUT2D eigenvalue weighted by Crippen LogP contribution is -2.41. The zero-order valence-corrected chi connectivity index (χ0v) is 13.6. The van der Waals surface area contributed by atoms with Crippen molar-refractivity contribution < 1.29 is 18.0 Å². The summed E-state index contributed by atoms with van der Waals surface area (Å²) < 4.78 is 38.1. The summed E-state index contributed by atoms with van der Waals surface area (Å²) in [6, 6.07) is 0.644. The summed E-state index contributed by atoms with van der Waals surface area (Å²) in [7, 11) is 3.75. The summed E-state index contributed by atoms with van der Waals surface area (Å²) in [4.78, 5) is 27.1. The normalized spacial score (nSPS) is 13.4. The van der Waals surface area contributed by atoms with Crippen LogP contribution in [0, 0.1) is 5.92 Å². The number of hydrogen-bond acceptors (Lipinski definition) is 3. The maximum atomic E-state index is 12.7. The smallest absolute Gasteiger partial charge is 0.350 e. The highest BCUT2D eigenvalue weighted by molar-refractivity contribution is 5.94. The number of carbonyl (C=O) groups is 1. The molecule has 0 fully saturated rings. The van der Waals surface area contributed by atoms with Crippen LogP contribution in [0.3, 0.4) is 0 Å². The van der Waals surface area contributed by atoms with Gasteiger partial charge >= 0.3 is 6.18 Å². The zero-order chi connectivity index (χ0) is 17.8. The van der Waals surface area contributed by atoms with E-state index in [0.717, 1.165) is 12.6 Å². The van der Waals surface area contributed by atoms with Crippen molar-refractivity contribution in [2.45, 2.75) is 32.5 Å². The number of aromatic nitrogens is 1. The van der Waals surface area contributed by atoms with Crippen molar-refractivity contribution in [2.24, 2.45) is 5.92 Å². The van der Waals surface area contributed by atoms with Crippen LogP contribution in [0.5, 0.6) is 0 Å². The SMILES string of the molecule is CC(C)CC(CNC(=O)c1c[nH]c(=O)c(C(F)(F)F)c1)N(C)C. The van der Waals surface area contributed by atoms with Crippen LogP contribution in [-0.2, 0) is 6.18 Å². The molecule has 0 aromatic carbocycles. The summed E-state index contributed by atoms with van der Waals surface area (Å²) in [6.45, 7) is 4.41. The van der Waals surface area contributed by atoms with Crippen LogP contribution < -0.4 is 10.9 Å². The van der Waals surface area contributed by atoms with E-state index in [1.165, 1.54) is 0 Å². The number of halogens is 3. The number of rotatable bonds is 6. The molecular weight excluding hydrogens is 311 g/mol. The van der Waals surface area contributed by atoms with E-state index in [4.69, 9.17) is 0 Å². The van der Waals surface area contributed by atoms with Crippen LogP contribution in [0.15, 0.2) is 17.1 Å². The van der Waals surface area contributed by atoms with E-state index < -0.39 is 23.2 Å². The summed E-state index contributed by atoms with van der Waals surface area (Å²) in [5.74, 6) is -0.230. The molecule has 0 saturated heterocycles. The van der Waals surface area contributed by atoms with Crippen molar-refractivity contribution in [3.05, 3.63) is 33.7 Å². The van der Waals surface area contributed by atoms with Crippen molar-refractivity contribution >= 4 is 5.91 Å². The van der Waals surface area contributed by atoms with Gasteiger partial charge in [-0.05, 0) is 32.5 Å². The van der Waals surface area contributed by atoms with Gasteiger partial charge in [-0.2, -0.15) is 13.2 Å². The number of alkyl halides is 3. The van der Waals surface area contributed by atoms with Gasteiger partial charge in [0.15, 0.2) is 0 Å². The molecule has 130 valence electrons. The molecule has 1 atom stereocenters. The fraction of sp³-hybridized carbons (Fsp3) is 0.600. The number of carbonyl (C=O) groups excluding carboxylic acids is 1. The van der Waals surface area contributed by atoms with Gasteiger partial charge in [-0.15, -0.1) is 0 Å². The second-order valence-corrected chi connectivity index (χ2v) is 6.09. The highest BCUT2D eigenvalue weighted by Crippen LogP contribution is 2.26. The van der Waals surface area contributed by atoms with Crippen molar-refractivity contribution in [1.82, 2.24) is 15.2 Å². The Morgan fingerprint density at radius 2 is 1.96 bits per heavy atom. The lowest BCUT2D eigenvalue weighted by atomic mass is 10.0. The number of nitrogens with zero attached hydrogens (tertiary/aromatic N) is 1. The number of aromatic amines is 1. The van der Waals surface area contributed by atoms with E-state index in [2.05, 4.69) is 19.2 Å². The quantitative estimate of drug-likeness (QED) is 0.838. The predicted molar refractivity (Wildman–Crippen MR) is 81.3 cm³/mol. The summed E-state index contributed by atoms with van der Waals surface area (Å²) in [5.41, 5.74) is -2.87. The van der Waals surface area contributed by atoms with Crippen LogP contribution in [0.1, 0.15) is 36.2 Å². The van der Waals surface area contributed by atoms with Gasteiger partial charge in [0, 0.05) is 18.8 Å². The first-order chi connectivity index (χ1) is 10.5. The molecule has 0 spiro atoms. The Labute approximate surface area is 132 Å². The molecule has 1 amide bonds. The average molecular weight is 333 g/mol. The standard InChI is InChI=1S/C15H22F3N3O2/c1-9(2)5-11(21(3)4)8-20-13(22)10-6-12(15(16,17)18)14(23)19-7-10/h6-7,9,11H,5,8H2,1-4H3,(H,19,23)(H,20,22). The van der Waals surface area contributed by atoms with Crippen LogP contribution in [-0.4, -0.2) is 42.5 Å². The van der Waals surface area contributed by atoms with Crippen LogP contribution in [0.4, 0.5) is 13.2 Å². The van der Waals surface area contributed by atoms with Gasteiger partial charge in [0.1, 0.15) is 5.56 Å². The van der Waals surface area contributed by atoms with Gasteiger partial charge in [-0.1, -0.05) is 13.8 Å². The summed E-state index contributed by atoms with van der Waals surface area (Å²) in [6.07, 6.45) is -2.97. The molecule has 23 heavy (non-hydrogen) atoms. The highest BCUT2D eigenvalue weighted by atomic mass is 19.4. The predicted octanol–water partition coefficient (Wildman–Crippen LogP) is 2.10. The molecule has 2 N–H and O–H groups in total. The van der Waals surface area contributed by atoms with Gasteiger partial charge in [-0.3, -0.25) is 9.59 Å². The molecular formula is C15H22F3N3O2. The van der Waals surface area contributed by atoms with E-state index in [-0.39, 0.29) is 11.6 Å². The molecule has 1 rings (SSSR count). The zero-order valence-electron chi connectivity index (χ0n) is 13.6. The molecule has 0 aliphatic heterocycles.